The number of thiophene rings is 1. The lowest BCUT2D eigenvalue weighted by atomic mass is 10.2. The fourth-order valence-corrected chi connectivity index (χ4v) is 2.68. The molecule has 0 saturated heterocycles. The van der Waals surface area contributed by atoms with E-state index in [4.69, 9.17) is 0 Å². The van der Waals surface area contributed by atoms with Gasteiger partial charge in [0.1, 0.15) is 5.78 Å². The highest BCUT2D eigenvalue weighted by Gasteiger charge is 2.08. The Morgan fingerprint density at radius 3 is 2.87 bits per heavy atom. The maximum Gasteiger partial charge on any atom is 0.149 e. The first-order valence-electron chi connectivity index (χ1n) is 4.85. The molecule has 0 aliphatic heterocycles. The quantitative estimate of drug-likeness (QED) is 0.791. The van der Waals surface area contributed by atoms with Gasteiger partial charge in [0.25, 0.3) is 0 Å². The lowest BCUT2D eigenvalue weighted by Gasteiger charge is -2.16. The van der Waals surface area contributed by atoms with E-state index in [-0.39, 0.29) is 5.78 Å². The summed E-state index contributed by atoms with van der Waals surface area (Å²) in [6, 6.07) is 8.26. The Morgan fingerprint density at radius 2 is 2.13 bits per heavy atom. The number of benzene rings is 1. The smallest absolute Gasteiger partial charge is 0.149 e. The molecule has 0 spiro atoms. The summed E-state index contributed by atoms with van der Waals surface area (Å²) >= 11 is 1.72. The lowest BCUT2D eigenvalue weighted by Crippen LogP contribution is -2.23. The molecule has 0 aliphatic rings. The maximum atomic E-state index is 11.0. The van der Waals surface area contributed by atoms with Crippen molar-refractivity contribution in [2.75, 3.05) is 18.5 Å². The van der Waals surface area contributed by atoms with Crippen LogP contribution in [0.15, 0.2) is 29.6 Å². The highest BCUT2D eigenvalue weighted by molar-refractivity contribution is 7.17. The Hall–Kier alpha value is -1.35. The van der Waals surface area contributed by atoms with Gasteiger partial charge in [-0.15, -0.1) is 11.3 Å². The topological polar surface area (TPSA) is 20.3 Å². The Kier molecular flexibility index (Phi) is 2.73. The summed E-state index contributed by atoms with van der Waals surface area (Å²) in [5.74, 6) is 0.188. The Labute approximate surface area is 93.1 Å². The van der Waals surface area contributed by atoms with Crippen LogP contribution in [0.4, 0.5) is 5.69 Å². The van der Waals surface area contributed by atoms with Gasteiger partial charge < -0.3 is 4.90 Å². The molecule has 15 heavy (non-hydrogen) atoms. The predicted molar refractivity (Wildman–Crippen MR) is 65.8 cm³/mol. The second-order valence-electron chi connectivity index (χ2n) is 3.68. The average Bonchev–Trinajstić information content (AvgIpc) is 2.59. The Bertz CT molecular complexity index is 489. The van der Waals surface area contributed by atoms with Crippen LogP contribution in [0.5, 0.6) is 0 Å². The second-order valence-corrected chi connectivity index (χ2v) is 4.59. The predicted octanol–water partition coefficient (Wildman–Crippen LogP) is 2.93. The zero-order valence-electron chi connectivity index (χ0n) is 8.86. The van der Waals surface area contributed by atoms with Crippen LogP contribution >= 0.6 is 11.3 Å². The molecule has 0 unspecified atom stereocenters. The zero-order valence-corrected chi connectivity index (χ0v) is 9.67. The Balaban J connectivity index is 2.39. The normalized spacial score (nSPS) is 10.5. The van der Waals surface area contributed by atoms with Crippen molar-refractivity contribution in [2.45, 2.75) is 6.92 Å². The van der Waals surface area contributed by atoms with Crippen molar-refractivity contribution in [3.8, 4) is 0 Å². The van der Waals surface area contributed by atoms with Crippen LogP contribution in [0.2, 0.25) is 0 Å². The number of hydrogen-bond donors (Lipinski definition) is 0. The highest BCUT2D eigenvalue weighted by Crippen LogP contribution is 2.31. The SMILES string of the molecule is CC(=O)CN(C)c1csc2ccccc12. The van der Waals surface area contributed by atoms with Gasteiger partial charge in [-0.25, -0.2) is 0 Å². The highest BCUT2D eigenvalue weighted by atomic mass is 32.1. The summed E-state index contributed by atoms with van der Waals surface area (Å²) < 4.78 is 1.27. The van der Waals surface area contributed by atoms with Crippen molar-refractivity contribution in [1.82, 2.24) is 0 Å². The van der Waals surface area contributed by atoms with Crippen LogP contribution in [0, 0.1) is 0 Å². The molecule has 0 N–H and O–H groups in total. The van der Waals surface area contributed by atoms with Gasteiger partial charge in [-0.3, -0.25) is 4.79 Å². The number of ketones is 1. The van der Waals surface area contributed by atoms with Crippen LogP contribution in [-0.4, -0.2) is 19.4 Å². The van der Waals surface area contributed by atoms with Gasteiger partial charge in [0.2, 0.25) is 0 Å². The number of fused-ring (bicyclic) bond motifs is 1. The summed E-state index contributed by atoms with van der Waals surface area (Å²) in [5.41, 5.74) is 1.14. The molecule has 0 bridgehead atoms. The van der Waals surface area contributed by atoms with Crippen LogP contribution in [0.1, 0.15) is 6.92 Å². The van der Waals surface area contributed by atoms with Crippen molar-refractivity contribution in [2.24, 2.45) is 0 Å². The third kappa shape index (κ3) is 2.02. The van der Waals surface area contributed by atoms with Crippen molar-refractivity contribution >= 4 is 32.9 Å². The molecule has 2 aromatic rings. The number of anilines is 1. The number of hydrogen-bond acceptors (Lipinski definition) is 3. The molecule has 0 atom stereocenters. The molecule has 1 aromatic heterocycles. The van der Waals surface area contributed by atoms with E-state index in [1.54, 1.807) is 18.3 Å². The molecular weight excluding hydrogens is 206 g/mol. The monoisotopic (exact) mass is 219 g/mol. The summed E-state index contributed by atoms with van der Waals surface area (Å²) in [6.45, 7) is 2.09. The standard InChI is InChI=1S/C12H13NOS/c1-9(14)7-13(2)11-8-15-12-6-4-3-5-10(11)12/h3-6,8H,7H2,1-2H3. The van der Waals surface area contributed by atoms with Gasteiger partial charge in [-0.05, 0) is 13.0 Å². The molecular formula is C12H13NOS. The van der Waals surface area contributed by atoms with Gasteiger partial charge in [0.05, 0.1) is 12.2 Å². The number of likely N-dealkylation sites (N-methyl/N-ethyl adjacent to an activating group) is 1. The molecule has 3 heteroatoms. The van der Waals surface area contributed by atoms with Gasteiger partial charge in [0, 0.05) is 22.5 Å². The summed E-state index contributed by atoms with van der Waals surface area (Å²) in [6.07, 6.45) is 0. The number of carbonyl (C=O) groups is 1. The van der Waals surface area contributed by atoms with E-state index >= 15 is 0 Å². The van der Waals surface area contributed by atoms with Crippen molar-refractivity contribution < 1.29 is 4.79 Å². The average molecular weight is 219 g/mol. The van der Waals surface area contributed by atoms with E-state index in [9.17, 15) is 4.79 Å². The van der Waals surface area contributed by atoms with Crippen LogP contribution < -0.4 is 4.90 Å². The molecule has 0 radical (unpaired) electrons. The van der Waals surface area contributed by atoms with E-state index in [1.165, 1.54) is 10.1 Å². The lowest BCUT2D eigenvalue weighted by molar-refractivity contribution is -0.115. The fourth-order valence-electron chi connectivity index (χ4n) is 1.68. The van der Waals surface area contributed by atoms with Gasteiger partial charge in [-0.1, -0.05) is 18.2 Å². The van der Waals surface area contributed by atoms with Gasteiger partial charge >= 0.3 is 0 Å². The van der Waals surface area contributed by atoms with Crippen LogP contribution in [-0.2, 0) is 4.79 Å². The molecule has 1 heterocycles. The molecule has 0 saturated carbocycles. The number of rotatable bonds is 3. The molecule has 2 rings (SSSR count). The van der Waals surface area contributed by atoms with Crippen molar-refractivity contribution in [3.05, 3.63) is 29.6 Å². The van der Waals surface area contributed by atoms with Crippen molar-refractivity contribution in [3.63, 3.8) is 0 Å². The van der Waals surface area contributed by atoms with E-state index < -0.39 is 0 Å². The minimum Gasteiger partial charge on any atom is -0.366 e. The van der Waals surface area contributed by atoms with Crippen molar-refractivity contribution in [1.29, 1.82) is 0 Å². The fraction of sp³-hybridized carbons (Fsp3) is 0.250. The molecule has 78 valence electrons. The third-order valence-corrected chi connectivity index (χ3v) is 3.28. The van der Waals surface area contributed by atoms with E-state index in [0.29, 0.717) is 6.54 Å². The second kappa shape index (κ2) is 4.03. The minimum atomic E-state index is 0.188. The Morgan fingerprint density at radius 1 is 1.40 bits per heavy atom. The van der Waals surface area contributed by atoms with Gasteiger partial charge in [0.15, 0.2) is 0 Å². The maximum absolute atomic E-state index is 11.0. The summed E-state index contributed by atoms with van der Waals surface area (Å²) in [5, 5.41) is 3.33. The molecule has 0 aliphatic carbocycles. The molecule has 0 amide bonds. The van der Waals surface area contributed by atoms with Crippen LogP contribution in [0.25, 0.3) is 10.1 Å². The molecule has 1 aromatic carbocycles. The molecule has 2 nitrogen and oxygen atoms in total. The van der Waals surface area contributed by atoms with E-state index in [1.807, 2.05) is 24.1 Å². The third-order valence-electron chi connectivity index (χ3n) is 2.33. The largest absolute Gasteiger partial charge is 0.366 e. The first-order valence-corrected chi connectivity index (χ1v) is 5.73. The number of Topliss-reactive ketones (excluding diaryl/α,β-unsaturated/α-hetero) is 1. The van der Waals surface area contributed by atoms with E-state index in [0.717, 1.165) is 5.69 Å². The first kappa shape index (κ1) is 10.2. The minimum absolute atomic E-state index is 0.188. The van der Waals surface area contributed by atoms with Gasteiger partial charge in [-0.2, -0.15) is 0 Å². The first-order chi connectivity index (χ1) is 7.18. The number of carbonyl (C=O) groups excluding carboxylic acids is 1. The zero-order chi connectivity index (χ0) is 10.8. The van der Waals surface area contributed by atoms with Crippen LogP contribution in [0.3, 0.4) is 0 Å². The summed E-state index contributed by atoms with van der Waals surface area (Å²) in [4.78, 5) is 13.0. The summed E-state index contributed by atoms with van der Waals surface area (Å²) in [7, 11) is 1.95. The van der Waals surface area contributed by atoms with E-state index in [2.05, 4.69) is 17.5 Å². The molecule has 0 fully saturated rings. The number of nitrogens with zero attached hydrogens (tertiary/aromatic N) is 1.